The molecule has 0 saturated carbocycles. The first-order valence-electron chi connectivity index (χ1n) is 5.38. The van der Waals surface area contributed by atoms with Crippen molar-refractivity contribution in [1.82, 2.24) is 5.32 Å². The van der Waals surface area contributed by atoms with Gasteiger partial charge in [-0.3, -0.25) is 0 Å². The molecule has 0 aliphatic carbocycles. The van der Waals surface area contributed by atoms with E-state index in [1.165, 1.54) is 6.42 Å². The molecule has 0 aromatic carbocycles. The Balaban J connectivity index is -0.000000120. The molecule has 0 amide bonds. The highest BCUT2D eigenvalue weighted by Gasteiger charge is 1.79. The number of hydrogen-bond acceptors (Lipinski definition) is 2. The van der Waals surface area contributed by atoms with Crippen LogP contribution in [-0.2, 0) is 0 Å². The topological polar surface area (TPSA) is 38.0 Å². The molecule has 0 aliphatic heterocycles. The zero-order valence-electron chi connectivity index (χ0n) is 10.6. The molecule has 0 aromatic heterocycles. The van der Waals surface area contributed by atoms with Crippen LogP contribution in [0.5, 0.6) is 0 Å². The summed E-state index contributed by atoms with van der Waals surface area (Å²) in [7, 11) is 1.95. The number of nitrogens with one attached hydrogen (secondary N) is 1. The predicted octanol–water partition coefficient (Wildman–Crippen LogP) is 2.77. The lowest BCUT2D eigenvalue weighted by molar-refractivity contribution is 0.668. The number of hydrogen-bond donors (Lipinski definition) is 2. The SMILES string of the molecule is CCC.CCC(C)N.CNC(C)C. The number of rotatable bonds is 2. The molecule has 0 bridgehead atoms. The van der Waals surface area contributed by atoms with Crippen molar-refractivity contribution in [3.8, 4) is 0 Å². The molecule has 1 unspecified atom stereocenters. The lowest BCUT2D eigenvalue weighted by Crippen LogP contribution is -2.15. The van der Waals surface area contributed by atoms with Crippen LogP contribution in [0.1, 0.15) is 54.4 Å². The molecule has 2 heteroatoms. The van der Waals surface area contributed by atoms with Gasteiger partial charge < -0.3 is 11.1 Å². The quantitative estimate of drug-likeness (QED) is 0.702. The van der Waals surface area contributed by atoms with E-state index in [0.29, 0.717) is 12.1 Å². The minimum atomic E-state index is 0.384. The first-order chi connectivity index (χ1) is 5.95. The average Bonchev–Trinajstić information content (AvgIpc) is 2.07. The molecule has 0 spiro atoms. The Bertz CT molecular complexity index is 53.1. The van der Waals surface area contributed by atoms with Crippen LogP contribution >= 0.6 is 0 Å². The van der Waals surface area contributed by atoms with Gasteiger partial charge in [0.05, 0.1) is 0 Å². The highest BCUT2D eigenvalue weighted by Crippen LogP contribution is 1.77. The number of nitrogens with two attached hydrogens (primary N) is 1. The third-order valence-electron chi connectivity index (χ3n) is 1.22. The minimum Gasteiger partial charge on any atom is -0.328 e. The summed E-state index contributed by atoms with van der Waals surface area (Å²) in [5.74, 6) is 0. The normalized spacial score (nSPS) is 10.8. The van der Waals surface area contributed by atoms with Crippen molar-refractivity contribution in [2.45, 2.75) is 66.5 Å². The van der Waals surface area contributed by atoms with E-state index in [-0.39, 0.29) is 0 Å². The summed E-state index contributed by atoms with van der Waals surface area (Å²) in [6.07, 6.45) is 2.33. The monoisotopic (exact) mass is 190 g/mol. The summed E-state index contributed by atoms with van der Waals surface area (Å²) >= 11 is 0. The van der Waals surface area contributed by atoms with Crippen molar-refractivity contribution in [1.29, 1.82) is 0 Å². The highest BCUT2D eigenvalue weighted by molar-refractivity contribution is 4.43. The van der Waals surface area contributed by atoms with Crippen molar-refractivity contribution in [2.24, 2.45) is 5.73 Å². The second-order valence-corrected chi connectivity index (χ2v) is 3.54. The molecular weight excluding hydrogens is 160 g/mol. The molecule has 3 N–H and O–H groups in total. The Morgan fingerprint density at radius 3 is 1.23 bits per heavy atom. The van der Waals surface area contributed by atoms with E-state index in [1.54, 1.807) is 0 Å². The summed E-state index contributed by atoms with van der Waals surface area (Å²) in [6, 6.07) is 1.02. The molecule has 0 fully saturated rings. The van der Waals surface area contributed by atoms with Gasteiger partial charge in [-0.1, -0.05) is 41.0 Å². The Morgan fingerprint density at radius 1 is 1.08 bits per heavy atom. The van der Waals surface area contributed by atoms with Crippen LogP contribution < -0.4 is 11.1 Å². The Hall–Kier alpha value is -0.0800. The van der Waals surface area contributed by atoms with Crippen molar-refractivity contribution < 1.29 is 0 Å². The Morgan fingerprint density at radius 2 is 1.23 bits per heavy atom. The molecule has 1 atom stereocenters. The van der Waals surface area contributed by atoms with Crippen LogP contribution in [-0.4, -0.2) is 19.1 Å². The lowest BCUT2D eigenvalue weighted by atomic mass is 10.3. The molecular formula is C11H30N2. The van der Waals surface area contributed by atoms with E-state index in [2.05, 4.69) is 39.9 Å². The smallest absolute Gasteiger partial charge is 0.000781 e. The minimum absolute atomic E-state index is 0.384. The van der Waals surface area contributed by atoms with Crippen molar-refractivity contribution in [3.63, 3.8) is 0 Å². The van der Waals surface area contributed by atoms with E-state index in [0.717, 1.165) is 6.42 Å². The molecule has 84 valence electrons. The summed E-state index contributed by atoms with van der Waals surface area (Å²) < 4.78 is 0. The third-order valence-corrected chi connectivity index (χ3v) is 1.22. The van der Waals surface area contributed by atoms with Crippen LogP contribution in [0.25, 0.3) is 0 Å². The predicted molar refractivity (Wildman–Crippen MR) is 64.1 cm³/mol. The van der Waals surface area contributed by atoms with Gasteiger partial charge in [-0.25, -0.2) is 0 Å². The van der Waals surface area contributed by atoms with Crippen LogP contribution in [0.3, 0.4) is 0 Å². The average molecular weight is 190 g/mol. The summed E-state index contributed by atoms with van der Waals surface area (Å²) in [5.41, 5.74) is 5.29. The molecule has 0 aliphatic rings. The Kier molecular flexibility index (Phi) is 25.6. The highest BCUT2D eigenvalue weighted by atomic mass is 14.8. The first kappa shape index (κ1) is 18.7. The summed E-state index contributed by atoms with van der Waals surface area (Å²) in [6.45, 7) is 12.5. The van der Waals surface area contributed by atoms with E-state index >= 15 is 0 Å². The van der Waals surface area contributed by atoms with Crippen molar-refractivity contribution in [2.75, 3.05) is 7.05 Å². The fourth-order valence-electron chi connectivity index (χ4n) is 0. The largest absolute Gasteiger partial charge is 0.328 e. The zero-order valence-corrected chi connectivity index (χ0v) is 10.6. The maximum Gasteiger partial charge on any atom is 0.000781 e. The van der Waals surface area contributed by atoms with E-state index < -0.39 is 0 Å². The molecule has 0 aromatic rings. The standard InChI is InChI=1S/2C4H11N.C3H8/c1-4(2)5-3;1-3-4(2)5;1-3-2/h4-5H,1-3H3;4H,3,5H2,1-2H3;3H2,1-2H3. The molecule has 13 heavy (non-hydrogen) atoms. The van der Waals surface area contributed by atoms with Crippen LogP contribution in [0.4, 0.5) is 0 Å². The van der Waals surface area contributed by atoms with Gasteiger partial charge in [-0.2, -0.15) is 0 Å². The van der Waals surface area contributed by atoms with Gasteiger partial charge in [-0.15, -0.1) is 0 Å². The van der Waals surface area contributed by atoms with Crippen LogP contribution in [0.2, 0.25) is 0 Å². The summed E-state index contributed by atoms with van der Waals surface area (Å²) in [4.78, 5) is 0. The molecule has 0 heterocycles. The van der Waals surface area contributed by atoms with Crippen molar-refractivity contribution in [3.05, 3.63) is 0 Å². The van der Waals surface area contributed by atoms with E-state index in [4.69, 9.17) is 5.73 Å². The second-order valence-electron chi connectivity index (χ2n) is 3.54. The lowest BCUT2D eigenvalue weighted by Gasteiger charge is -1.95. The van der Waals surface area contributed by atoms with E-state index in [9.17, 15) is 0 Å². The maximum absolute atomic E-state index is 5.29. The summed E-state index contributed by atoms with van der Waals surface area (Å²) in [5, 5.41) is 3.03. The van der Waals surface area contributed by atoms with Gasteiger partial charge in [0.1, 0.15) is 0 Å². The van der Waals surface area contributed by atoms with Gasteiger partial charge >= 0.3 is 0 Å². The molecule has 0 saturated heterocycles. The first-order valence-corrected chi connectivity index (χ1v) is 5.38. The van der Waals surface area contributed by atoms with Crippen LogP contribution in [0, 0.1) is 0 Å². The maximum atomic E-state index is 5.29. The zero-order chi connectivity index (χ0) is 11.3. The molecule has 0 rings (SSSR count). The fraction of sp³-hybridized carbons (Fsp3) is 1.00. The molecule has 0 radical (unpaired) electrons. The fourth-order valence-corrected chi connectivity index (χ4v) is 0. The van der Waals surface area contributed by atoms with Gasteiger partial charge in [0.15, 0.2) is 0 Å². The van der Waals surface area contributed by atoms with Gasteiger partial charge in [-0.05, 0) is 20.4 Å². The second kappa shape index (κ2) is 17.9. The van der Waals surface area contributed by atoms with Gasteiger partial charge in [0, 0.05) is 12.1 Å². The van der Waals surface area contributed by atoms with Crippen LogP contribution in [0.15, 0.2) is 0 Å². The van der Waals surface area contributed by atoms with E-state index in [1.807, 2.05) is 14.0 Å². The molecule has 2 nitrogen and oxygen atoms in total. The van der Waals surface area contributed by atoms with Crippen molar-refractivity contribution >= 4 is 0 Å². The van der Waals surface area contributed by atoms with Gasteiger partial charge in [0.25, 0.3) is 0 Å². The third kappa shape index (κ3) is 76.3. The Labute approximate surface area is 85.3 Å². The van der Waals surface area contributed by atoms with Gasteiger partial charge in [0.2, 0.25) is 0 Å².